The first-order valence-electron chi connectivity index (χ1n) is 7.20. The summed E-state index contributed by atoms with van der Waals surface area (Å²) >= 11 is 0. The van der Waals surface area contributed by atoms with Crippen molar-refractivity contribution in [2.45, 2.75) is 6.92 Å². The molecule has 110 valence electrons. The van der Waals surface area contributed by atoms with E-state index in [-0.39, 0.29) is 0 Å². The summed E-state index contributed by atoms with van der Waals surface area (Å²) in [5, 5.41) is 0. The highest BCUT2D eigenvalue weighted by atomic mass is 16.5. The molecule has 0 aliphatic heterocycles. The molecule has 1 aromatic heterocycles. The van der Waals surface area contributed by atoms with E-state index >= 15 is 0 Å². The Bertz CT molecular complexity index is 785. The maximum Gasteiger partial charge on any atom is 0.130 e. The molecular formula is C19H18N2O. The largest absolute Gasteiger partial charge is 0.457 e. The molecule has 22 heavy (non-hydrogen) atoms. The fraction of sp³-hybridized carbons (Fsp3) is 0.105. The van der Waals surface area contributed by atoms with Gasteiger partial charge in [0.25, 0.3) is 0 Å². The van der Waals surface area contributed by atoms with Crippen LogP contribution < -0.4 is 4.74 Å². The zero-order valence-corrected chi connectivity index (χ0v) is 12.7. The molecule has 0 aliphatic rings. The average molecular weight is 290 g/mol. The summed E-state index contributed by atoms with van der Waals surface area (Å²) in [6.45, 7) is 2.04. The third-order valence-electron chi connectivity index (χ3n) is 3.38. The van der Waals surface area contributed by atoms with E-state index in [1.54, 1.807) is 0 Å². The Balaban J connectivity index is 1.70. The Morgan fingerprint density at radius 2 is 1.77 bits per heavy atom. The van der Waals surface area contributed by atoms with Crippen molar-refractivity contribution >= 4 is 11.9 Å². The molecule has 0 radical (unpaired) electrons. The van der Waals surface area contributed by atoms with E-state index in [1.165, 1.54) is 0 Å². The number of aromatic nitrogens is 1. The summed E-state index contributed by atoms with van der Waals surface area (Å²) in [6, 6.07) is 17.8. The van der Waals surface area contributed by atoms with Gasteiger partial charge in [0.05, 0.1) is 5.69 Å². The molecule has 3 aromatic rings. The number of para-hydroxylation sites is 1. The molecule has 0 aliphatic carbocycles. The van der Waals surface area contributed by atoms with Crippen molar-refractivity contribution in [1.82, 2.24) is 4.57 Å². The van der Waals surface area contributed by atoms with Crippen molar-refractivity contribution in [3.63, 3.8) is 0 Å². The van der Waals surface area contributed by atoms with E-state index in [4.69, 9.17) is 4.74 Å². The highest BCUT2D eigenvalue weighted by molar-refractivity contribution is 5.81. The molecular weight excluding hydrogens is 272 g/mol. The van der Waals surface area contributed by atoms with Crippen LogP contribution in [0.15, 0.2) is 72.0 Å². The molecule has 1 heterocycles. The summed E-state index contributed by atoms with van der Waals surface area (Å²) in [4.78, 5) is 4.46. The quantitative estimate of drug-likeness (QED) is 0.629. The van der Waals surface area contributed by atoms with Crippen LogP contribution in [0.25, 0.3) is 0 Å². The number of nitrogens with zero attached hydrogens (tertiary/aromatic N) is 2. The van der Waals surface area contributed by atoms with Gasteiger partial charge in [0.15, 0.2) is 0 Å². The first-order valence-corrected chi connectivity index (χ1v) is 7.20. The van der Waals surface area contributed by atoms with Gasteiger partial charge >= 0.3 is 0 Å². The number of aliphatic imine (C=N–C) groups is 1. The van der Waals surface area contributed by atoms with Crippen molar-refractivity contribution in [2.75, 3.05) is 0 Å². The minimum atomic E-state index is 0.813. The lowest BCUT2D eigenvalue weighted by Gasteiger charge is -2.08. The third-order valence-corrected chi connectivity index (χ3v) is 3.38. The van der Waals surface area contributed by atoms with Crippen molar-refractivity contribution in [3.8, 4) is 11.5 Å². The molecule has 0 unspecified atom stereocenters. The van der Waals surface area contributed by atoms with Gasteiger partial charge in [-0.3, -0.25) is 4.99 Å². The maximum absolute atomic E-state index is 5.88. The van der Waals surface area contributed by atoms with E-state index in [9.17, 15) is 0 Å². The van der Waals surface area contributed by atoms with Gasteiger partial charge in [-0.2, -0.15) is 0 Å². The van der Waals surface area contributed by atoms with E-state index in [0.717, 1.165) is 28.3 Å². The van der Waals surface area contributed by atoms with Gasteiger partial charge in [-0.05, 0) is 48.9 Å². The number of benzene rings is 2. The number of ether oxygens (including phenoxy) is 1. The molecule has 0 amide bonds. The zero-order chi connectivity index (χ0) is 15.4. The molecule has 0 spiro atoms. The highest BCUT2D eigenvalue weighted by Crippen LogP contribution is 2.26. The monoisotopic (exact) mass is 290 g/mol. The molecule has 0 N–H and O–H groups in total. The average Bonchev–Trinajstić information content (AvgIpc) is 2.94. The molecule has 0 saturated heterocycles. The summed E-state index contributed by atoms with van der Waals surface area (Å²) < 4.78 is 7.88. The summed E-state index contributed by atoms with van der Waals surface area (Å²) in [5.41, 5.74) is 3.11. The number of hydrogen-bond donors (Lipinski definition) is 0. The van der Waals surface area contributed by atoms with Crippen LogP contribution >= 0.6 is 0 Å². The number of aryl methyl sites for hydroxylation is 2. The van der Waals surface area contributed by atoms with Gasteiger partial charge < -0.3 is 9.30 Å². The second-order valence-electron chi connectivity index (χ2n) is 5.23. The van der Waals surface area contributed by atoms with Gasteiger partial charge in [0.2, 0.25) is 0 Å². The van der Waals surface area contributed by atoms with Crippen LogP contribution in [-0.2, 0) is 7.05 Å². The van der Waals surface area contributed by atoms with E-state index in [0.29, 0.717) is 0 Å². The Labute approximate surface area is 130 Å². The standard InChI is InChI=1S/C19H18N2O/c1-15-5-3-4-6-19(15)22-18-9-7-17(8-10-18)20-13-16-11-12-21(2)14-16/h3-14H,1-2H3. The van der Waals surface area contributed by atoms with Crippen LogP contribution in [0.5, 0.6) is 11.5 Å². The van der Waals surface area contributed by atoms with Gasteiger partial charge in [0.1, 0.15) is 11.5 Å². The predicted molar refractivity (Wildman–Crippen MR) is 90.4 cm³/mol. The Hall–Kier alpha value is -2.81. The molecule has 3 rings (SSSR count). The minimum Gasteiger partial charge on any atom is -0.457 e. The van der Waals surface area contributed by atoms with Crippen LogP contribution in [0, 0.1) is 6.92 Å². The van der Waals surface area contributed by atoms with Crippen LogP contribution in [0.3, 0.4) is 0 Å². The summed E-state index contributed by atoms with van der Waals surface area (Å²) in [5.74, 6) is 1.69. The smallest absolute Gasteiger partial charge is 0.130 e. The molecule has 0 atom stereocenters. The van der Waals surface area contributed by atoms with Crippen LogP contribution in [-0.4, -0.2) is 10.8 Å². The first kappa shape index (κ1) is 14.1. The number of hydrogen-bond acceptors (Lipinski definition) is 2. The lowest BCUT2D eigenvalue weighted by Crippen LogP contribution is -1.86. The zero-order valence-electron chi connectivity index (χ0n) is 12.7. The fourth-order valence-corrected chi connectivity index (χ4v) is 2.15. The molecule has 0 bridgehead atoms. The normalized spacial score (nSPS) is 11.0. The van der Waals surface area contributed by atoms with Crippen LogP contribution in [0.1, 0.15) is 11.1 Å². The maximum atomic E-state index is 5.88. The summed E-state index contributed by atoms with van der Waals surface area (Å²) in [6.07, 6.45) is 5.89. The van der Waals surface area contributed by atoms with Gasteiger partial charge in [-0.1, -0.05) is 18.2 Å². The molecule has 0 fully saturated rings. The van der Waals surface area contributed by atoms with Gasteiger partial charge in [-0.25, -0.2) is 0 Å². The first-order chi connectivity index (χ1) is 10.7. The highest BCUT2D eigenvalue weighted by Gasteiger charge is 2.00. The Kier molecular flexibility index (Phi) is 4.05. The lowest BCUT2D eigenvalue weighted by atomic mass is 10.2. The third kappa shape index (κ3) is 3.44. The van der Waals surface area contributed by atoms with Crippen molar-refractivity contribution in [1.29, 1.82) is 0 Å². The van der Waals surface area contributed by atoms with Crippen LogP contribution in [0.4, 0.5) is 5.69 Å². The van der Waals surface area contributed by atoms with Crippen molar-refractivity contribution < 1.29 is 4.74 Å². The topological polar surface area (TPSA) is 26.5 Å². The predicted octanol–water partition coefficient (Wildman–Crippen LogP) is 4.88. The van der Waals surface area contributed by atoms with E-state index < -0.39 is 0 Å². The van der Waals surface area contributed by atoms with Gasteiger partial charge in [0, 0.05) is 31.2 Å². The Morgan fingerprint density at radius 3 is 2.45 bits per heavy atom. The van der Waals surface area contributed by atoms with E-state index in [2.05, 4.69) is 4.99 Å². The minimum absolute atomic E-state index is 0.813. The van der Waals surface area contributed by atoms with Crippen molar-refractivity contribution in [2.24, 2.45) is 12.0 Å². The second kappa shape index (κ2) is 6.31. The SMILES string of the molecule is Cc1ccccc1Oc1ccc(N=Cc2ccn(C)c2)cc1. The van der Waals surface area contributed by atoms with Gasteiger partial charge in [-0.15, -0.1) is 0 Å². The van der Waals surface area contributed by atoms with Crippen molar-refractivity contribution in [3.05, 3.63) is 78.1 Å². The van der Waals surface area contributed by atoms with Crippen LogP contribution in [0.2, 0.25) is 0 Å². The summed E-state index contributed by atoms with van der Waals surface area (Å²) in [7, 11) is 2.00. The second-order valence-corrected chi connectivity index (χ2v) is 5.23. The lowest BCUT2D eigenvalue weighted by molar-refractivity contribution is 0.479. The number of rotatable bonds is 4. The molecule has 0 saturated carbocycles. The fourth-order valence-electron chi connectivity index (χ4n) is 2.15. The molecule has 3 nitrogen and oxygen atoms in total. The molecule has 3 heteroatoms. The van der Waals surface area contributed by atoms with E-state index in [1.807, 2.05) is 91.7 Å². The Morgan fingerprint density at radius 1 is 1.00 bits per heavy atom. The molecule has 2 aromatic carbocycles.